The lowest BCUT2D eigenvalue weighted by atomic mass is 10.0. The zero-order valence-corrected chi connectivity index (χ0v) is 6.68. The molecule has 0 aromatic rings. The lowest BCUT2D eigenvalue weighted by molar-refractivity contribution is 0.0873. The van der Waals surface area contributed by atoms with E-state index >= 15 is 0 Å². The van der Waals surface area contributed by atoms with Crippen LogP contribution in [0.3, 0.4) is 0 Å². The smallest absolute Gasteiger partial charge is 0.0726 e. The first-order chi connectivity index (χ1) is 4.84. The molecule has 2 atom stereocenters. The summed E-state index contributed by atoms with van der Waals surface area (Å²) in [6.07, 6.45) is 4.99. The Morgan fingerprint density at radius 2 is 2.50 bits per heavy atom. The van der Waals surface area contributed by atoms with Crippen molar-refractivity contribution in [2.24, 2.45) is 5.73 Å². The van der Waals surface area contributed by atoms with Crippen molar-refractivity contribution in [3.8, 4) is 0 Å². The molecule has 10 heavy (non-hydrogen) atoms. The quantitative estimate of drug-likeness (QED) is 0.646. The van der Waals surface area contributed by atoms with Gasteiger partial charge < -0.3 is 10.5 Å². The van der Waals surface area contributed by atoms with Gasteiger partial charge >= 0.3 is 0 Å². The first-order valence-corrected chi connectivity index (χ1v) is 4.21. The molecule has 0 saturated carbocycles. The van der Waals surface area contributed by atoms with Gasteiger partial charge in [-0.15, -0.1) is 0 Å². The van der Waals surface area contributed by atoms with E-state index in [1.165, 1.54) is 19.3 Å². The second-order valence-corrected chi connectivity index (χ2v) is 3.00. The van der Waals surface area contributed by atoms with Crippen molar-refractivity contribution in [1.29, 1.82) is 0 Å². The Labute approximate surface area is 62.7 Å². The molecule has 2 nitrogen and oxygen atoms in total. The summed E-state index contributed by atoms with van der Waals surface area (Å²) in [5.41, 5.74) is 5.86. The molecule has 2 heteroatoms. The largest absolute Gasteiger partial charge is 0.377 e. The lowest BCUT2D eigenvalue weighted by Crippen LogP contribution is -2.33. The number of ether oxygens (including phenoxy) is 1. The second-order valence-electron chi connectivity index (χ2n) is 3.00. The molecule has 60 valence electrons. The maximum atomic E-state index is 5.86. The second kappa shape index (κ2) is 3.94. The first-order valence-electron chi connectivity index (χ1n) is 4.21. The summed E-state index contributed by atoms with van der Waals surface area (Å²) in [6, 6.07) is 0.285. The number of nitrogens with two attached hydrogens (primary N) is 1. The Morgan fingerprint density at radius 3 is 3.00 bits per heavy atom. The van der Waals surface area contributed by atoms with Crippen LogP contribution in [0.1, 0.15) is 32.6 Å². The normalized spacial score (nSPS) is 28.8. The predicted octanol–water partition coefficient (Wildman–Crippen LogP) is 1.29. The summed E-state index contributed by atoms with van der Waals surface area (Å²) in [5.74, 6) is 0. The van der Waals surface area contributed by atoms with Crippen molar-refractivity contribution in [3.05, 3.63) is 0 Å². The lowest BCUT2D eigenvalue weighted by Gasteiger charge is -2.16. The Balaban J connectivity index is 2.18. The number of hydrogen-bond acceptors (Lipinski definition) is 2. The van der Waals surface area contributed by atoms with E-state index in [2.05, 4.69) is 6.92 Å². The van der Waals surface area contributed by atoms with Crippen molar-refractivity contribution < 1.29 is 4.74 Å². The van der Waals surface area contributed by atoms with Crippen molar-refractivity contribution in [2.75, 3.05) is 6.61 Å². The summed E-state index contributed by atoms with van der Waals surface area (Å²) in [4.78, 5) is 0. The van der Waals surface area contributed by atoms with Gasteiger partial charge in [-0.1, -0.05) is 13.3 Å². The Bertz CT molecular complexity index is 89.3. The van der Waals surface area contributed by atoms with Crippen LogP contribution in [-0.4, -0.2) is 18.8 Å². The van der Waals surface area contributed by atoms with Crippen LogP contribution in [0.4, 0.5) is 0 Å². The highest BCUT2D eigenvalue weighted by molar-refractivity contribution is 4.76. The van der Waals surface area contributed by atoms with Crippen molar-refractivity contribution in [1.82, 2.24) is 0 Å². The molecule has 2 N–H and O–H groups in total. The van der Waals surface area contributed by atoms with E-state index in [1.54, 1.807) is 0 Å². The molecule has 0 radical (unpaired) electrons. The third-order valence-corrected chi connectivity index (χ3v) is 2.06. The highest BCUT2D eigenvalue weighted by atomic mass is 16.5. The minimum Gasteiger partial charge on any atom is -0.377 e. The van der Waals surface area contributed by atoms with Gasteiger partial charge in [0.2, 0.25) is 0 Å². The van der Waals surface area contributed by atoms with Crippen LogP contribution in [-0.2, 0) is 4.74 Å². The van der Waals surface area contributed by atoms with Crippen LogP contribution in [0.25, 0.3) is 0 Å². The van der Waals surface area contributed by atoms with E-state index in [-0.39, 0.29) is 6.04 Å². The summed E-state index contributed by atoms with van der Waals surface area (Å²) in [5, 5.41) is 0. The van der Waals surface area contributed by atoms with Gasteiger partial charge in [-0.05, 0) is 19.3 Å². The van der Waals surface area contributed by atoms with Gasteiger partial charge in [0.15, 0.2) is 0 Å². The van der Waals surface area contributed by atoms with Crippen molar-refractivity contribution in [2.45, 2.75) is 44.8 Å². The molecule has 0 aromatic carbocycles. The molecule has 1 unspecified atom stereocenters. The molecular weight excluding hydrogens is 126 g/mol. The summed E-state index contributed by atoms with van der Waals surface area (Å²) in [7, 11) is 0. The average molecular weight is 143 g/mol. The summed E-state index contributed by atoms with van der Waals surface area (Å²) >= 11 is 0. The molecule has 0 amide bonds. The standard InChI is InChI=1S/C8H17NO/c1-2-4-7(9)8-5-3-6-10-8/h7-8H,2-6,9H2,1H3/t7-,8?/m0/s1. The van der Waals surface area contributed by atoms with Gasteiger partial charge in [-0.3, -0.25) is 0 Å². The number of rotatable bonds is 3. The van der Waals surface area contributed by atoms with Crippen LogP contribution in [0.5, 0.6) is 0 Å². The minimum absolute atomic E-state index is 0.285. The van der Waals surface area contributed by atoms with Gasteiger partial charge in [0.25, 0.3) is 0 Å². The van der Waals surface area contributed by atoms with E-state index in [4.69, 9.17) is 10.5 Å². The van der Waals surface area contributed by atoms with Crippen LogP contribution in [0.2, 0.25) is 0 Å². The monoisotopic (exact) mass is 143 g/mol. The van der Waals surface area contributed by atoms with E-state index in [0.29, 0.717) is 6.10 Å². The van der Waals surface area contributed by atoms with E-state index in [0.717, 1.165) is 13.0 Å². The fourth-order valence-electron chi connectivity index (χ4n) is 1.46. The van der Waals surface area contributed by atoms with Gasteiger partial charge in [0, 0.05) is 12.6 Å². The molecule has 1 heterocycles. The molecule has 1 aliphatic rings. The minimum atomic E-state index is 0.285. The van der Waals surface area contributed by atoms with E-state index < -0.39 is 0 Å². The molecule has 1 aliphatic heterocycles. The molecule has 0 aliphatic carbocycles. The molecular formula is C8H17NO. The van der Waals surface area contributed by atoms with Crippen LogP contribution in [0.15, 0.2) is 0 Å². The predicted molar refractivity (Wildman–Crippen MR) is 41.9 cm³/mol. The topological polar surface area (TPSA) is 35.2 Å². The molecule has 0 bridgehead atoms. The Morgan fingerprint density at radius 1 is 1.70 bits per heavy atom. The third kappa shape index (κ3) is 1.96. The first kappa shape index (κ1) is 8.02. The Kier molecular flexibility index (Phi) is 3.16. The number of hydrogen-bond donors (Lipinski definition) is 1. The fraction of sp³-hybridized carbons (Fsp3) is 1.00. The van der Waals surface area contributed by atoms with E-state index in [9.17, 15) is 0 Å². The highest BCUT2D eigenvalue weighted by Gasteiger charge is 2.21. The molecule has 1 rings (SSSR count). The summed E-state index contributed by atoms with van der Waals surface area (Å²) < 4.78 is 5.44. The van der Waals surface area contributed by atoms with Crippen LogP contribution in [0, 0.1) is 0 Å². The van der Waals surface area contributed by atoms with E-state index in [1.807, 2.05) is 0 Å². The molecule has 1 fully saturated rings. The average Bonchev–Trinajstić information content (AvgIpc) is 2.38. The van der Waals surface area contributed by atoms with Gasteiger partial charge in [0.05, 0.1) is 6.10 Å². The van der Waals surface area contributed by atoms with Crippen molar-refractivity contribution >= 4 is 0 Å². The van der Waals surface area contributed by atoms with Gasteiger partial charge in [-0.25, -0.2) is 0 Å². The maximum absolute atomic E-state index is 5.86. The molecule has 1 saturated heterocycles. The zero-order chi connectivity index (χ0) is 7.40. The maximum Gasteiger partial charge on any atom is 0.0726 e. The van der Waals surface area contributed by atoms with Crippen LogP contribution < -0.4 is 5.73 Å². The Hall–Kier alpha value is -0.0800. The van der Waals surface area contributed by atoms with Crippen LogP contribution >= 0.6 is 0 Å². The zero-order valence-electron chi connectivity index (χ0n) is 6.68. The van der Waals surface area contributed by atoms with Gasteiger partial charge in [0.1, 0.15) is 0 Å². The fourth-order valence-corrected chi connectivity index (χ4v) is 1.46. The third-order valence-electron chi connectivity index (χ3n) is 2.06. The van der Waals surface area contributed by atoms with Crippen molar-refractivity contribution in [3.63, 3.8) is 0 Å². The summed E-state index contributed by atoms with van der Waals surface area (Å²) in [6.45, 7) is 3.08. The molecule has 0 aromatic heterocycles. The highest BCUT2D eigenvalue weighted by Crippen LogP contribution is 2.16. The molecule has 0 spiro atoms. The SMILES string of the molecule is CCC[C@H](N)C1CCCO1. The van der Waals surface area contributed by atoms with Gasteiger partial charge in [-0.2, -0.15) is 0 Å².